The van der Waals surface area contributed by atoms with Crippen LogP contribution in [0, 0.1) is 21.4 Å². The average molecular weight is 1890 g/mol. The lowest BCUT2D eigenvalue weighted by atomic mass is 9.68. The zero-order valence-electron chi connectivity index (χ0n) is 70.4. The molecule has 45 nitrogen and oxygen atoms in total. The highest BCUT2D eigenvalue weighted by atomic mass is 35.5. The molecular weight excluding hydrogens is 1800 g/mol. The van der Waals surface area contributed by atoms with E-state index in [9.17, 15) is 130 Å². The highest BCUT2D eigenvalue weighted by Crippen LogP contribution is 2.56. The summed E-state index contributed by atoms with van der Waals surface area (Å²) in [6, 6.07) is 23.2. The number of carbonyl (C=O) groups is 8. The third-order valence-corrected chi connectivity index (χ3v) is 26.2. The molecule has 8 aromatic carbocycles. The van der Waals surface area contributed by atoms with Crippen molar-refractivity contribution in [2.45, 2.75) is 158 Å². The quantitative estimate of drug-likeness (QED) is 0.0339. The zero-order chi connectivity index (χ0) is 96.2. The van der Waals surface area contributed by atoms with Crippen molar-refractivity contribution < 1.29 is 163 Å². The minimum absolute atomic E-state index is 0.00630. The summed E-state index contributed by atoms with van der Waals surface area (Å²) in [5, 5.41) is 211. The van der Waals surface area contributed by atoms with Gasteiger partial charge in [0.05, 0.1) is 87.1 Å². The Kier molecular flexibility index (Phi) is 25.1. The number of rotatable bonds is 12. The molecule has 8 amide bonds. The SMILES string of the molecule is CN(C)Cc1cccc(C(=O)N[C@H]2[C@H](O)[C@@H](O)[C@@H](O)[C@@H]3NC(=O)c4c(cc5c(c4O)OCO5)[C@@H]23)c1.N#Cc1cccc(C(=O)N[C@H]2[C@H](O)[C@@H](O)[C@@H](O)[C@@H]3NC(=O)c4c(cc5c(c4O)OCO5)[C@@H]23)c1.O=C(N[C@H]1[C@H](O)[C@@H](O)[C@@H](O)[C@@H]2NC(=O)c3c(cc4c(c3O)OCO4)[C@@H]12)c1ccc(CCl)cc1.O=C(N[C@H]1[C@H](O)[C@@H](O)[C@@H](O)[C@@H]2NC(=O)c3c(cc4c(c3O)OCO4)[C@@H]12)c1cccc([N+](=O)[O-])c1. The van der Waals surface area contributed by atoms with Crippen LogP contribution in [-0.2, 0) is 12.4 Å². The van der Waals surface area contributed by atoms with Gasteiger partial charge in [-0.2, -0.15) is 5.26 Å². The molecule has 8 aromatic rings. The minimum atomic E-state index is -1.74. The van der Waals surface area contributed by atoms with Crippen LogP contribution < -0.4 is 80.4 Å². The number of nitro benzene ring substituents is 1. The topological polar surface area (TPSA) is 700 Å². The first kappa shape index (κ1) is 92.6. The fourth-order valence-corrected chi connectivity index (χ4v) is 19.7. The van der Waals surface area contributed by atoms with Gasteiger partial charge in [0.15, 0.2) is 46.0 Å². The van der Waals surface area contributed by atoms with E-state index in [-0.39, 0.29) is 146 Å². The van der Waals surface area contributed by atoms with Crippen LogP contribution in [0.5, 0.6) is 69.0 Å². The summed E-state index contributed by atoms with van der Waals surface area (Å²) in [5.41, 5.74) is 2.73. The van der Waals surface area contributed by atoms with Gasteiger partial charge in [0, 0.05) is 70.5 Å². The standard InChI is InChI=1S/C24H27N3O8.C22H21ClN2O8.C22H19N3O8.C21H19N3O10/c1-27(2)8-10-4-3-5-11(6-10)23(32)25-16-14-12-7-13-22(35-9-34-13)18(28)15(12)24(33)26-17(14)20(30)21(31)19(16)29;23-6-8-1-3-9(4-2-8)21(30)24-14-12-10-5-11-20(33-7-32-11)16(26)13(10)22(31)25-15(12)18(28)19(29)17(14)27;23-6-8-2-1-3-9(4-8)21(30)24-14-12-10-5-11-20(33-7-32-11)16(26)13(10)22(31)25-15(12)18(28)19(29)17(14)27;25-15-12-9(5-10-19(15)34-6-33-10)11-13(16(26)18(28)17(27)14(11)23-21(12)30)22-20(29)7-2-1-3-8(4-7)24(31)32/h3-7,14,16-17,19-21,28-31H,8-9H2,1-2H3,(H,25,32)(H,26,33);1-5,12,14-15,17-19,26-29H,6-7H2,(H,24,30)(H,25,31);1-5,12,14-15,17-19,26-29H,7H2,(H,24,30)(H,25,31);1-5,11,13-14,16-18,25-28H,6H2,(H,22,29)(H,23,30)/t14-,16+,17+,19-,20-,21+;2*12-,14+,15+,17-,18-,19+;11-,13+,14+,16-,17-,18+/m0000/s1. The maximum absolute atomic E-state index is 13.2. The number of aromatic hydroxyl groups is 4. The Morgan fingerprint density at radius 1 is 0.400 bits per heavy atom. The second-order valence-electron chi connectivity index (χ2n) is 33.9. The lowest BCUT2D eigenvalue weighted by Crippen LogP contribution is -2.69. The fraction of sp³-hybridized carbons (Fsp3) is 0.360. The molecule has 24 atom stereocenters. The summed E-state index contributed by atoms with van der Waals surface area (Å²) in [5.74, 6) is -9.88. The molecule has 8 heterocycles. The monoisotopic (exact) mass is 1890 g/mol. The number of alkyl halides is 1. The van der Waals surface area contributed by atoms with Crippen molar-refractivity contribution in [3.05, 3.63) is 215 Å². The van der Waals surface area contributed by atoms with Gasteiger partial charge < -0.3 is 167 Å². The van der Waals surface area contributed by atoms with Crippen molar-refractivity contribution >= 4 is 64.5 Å². The minimum Gasteiger partial charge on any atom is -0.504 e. The van der Waals surface area contributed by atoms with Gasteiger partial charge in [0.25, 0.3) is 52.9 Å². The van der Waals surface area contributed by atoms with E-state index in [0.717, 1.165) is 17.2 Å². The number of carbonyl (C=O) groups excluding carboxylic acids is 8. The number of nitrogens with zero attached hydrogens (tertiary/aromatic N) is 3. The Labute approximate surface area is 765 Å². The van der Waals surface area contributed by atoms with E-state index in [1.807, 2.05) is 31.1 Å². The Bertz CT molecular complexity index is 6210. The Hall–Kier alpha value is -14.2. The number of phenolic OH excluding ortho intramolecular Hbond substituents is 4. The Balaban J connectivity index is 0.000000125. The number of nitrogens with one attached hydrogen (secondary N) is 8. The molecule has 4 aliphatic carbocycles. The summed E-state index contributed by atoms with van der Waals surface area (Å²) in [6.45, 7) is -0.0350. The molecule has 4 fully saturated rings. The van der Waals surface area contributed by atoms with Gasteiger partial charge in [-0.1, -0.05) is 36.4 Å². The maximum Gasteiger partial charge on any atom is 0.270 e. The zero-order valence-corrected chi connectivity index (χ0v) is 71.1. The largest absolute Gasteiger partial charge is 0.504 e. The summed E-state index contributed by atoms with van der Waals surface area (Å²) >= 11 is 5.79. The van der Waals surface area contributed by atoms with Crippen LogP contribution in [-0.4, -0.2) is 302 Å². The Morgan fingerprint density at radius 2 is 0.696 bits per heavy atom. The third-order valence-electron chi connectivity index (χ3n) is 25.9. The lowest BCUT2D eigenvalue weighted by molar-refractivity contribution is -0.384. The first-order valence-corrected chi connectivity index (χ1v) is 42.4. The molecule has 24 N–H and O–H groups in total. The second-order valence-corrected chi connectivity index (χ2v) is 34.2. The van der Waals surface area contributed by atoms with Gasteiger partial charge in [-0.15, -0.1) is 11.6 Å². The number of hydrogen-bond donors (Lipinski definition) is 24. The van der Waals surface area contributed by atoms with Crippen molar-refractivity contribution in [3.63, 3.8) is 0 Å². The van der Waals surface area contributed by atoms with Crippen molar-refractivity contribution in [2.75, 3.05) is 41.3 Å². The van der Waals surface area contributed by atoms with E-state index in [4.69, 9.17) is 54.8 Å². The number of aliphatic hydroxyl groups is 12. The number of benzene rings is 8. The van der Waals surface area contributed by atoms with Gasteiger partial charge in [0.1, 0.15) is 73.2 Å². The molecule has 4 saturated carbocycles. The predicted molar refractivity (Wildman–Crippen MR) is 454 cm³/mol. The van der Waals surface area contributed by atoms with E-state index in [0.29, 0.717) is 17.7 Å². The van der Waals surface area contributed by atoms with Gasteiger partial charge in [0.2, 0.25) is 50.2 Å². The number of ether oxygens (including phenoxy) is 8. The van der Waals surface area contributed by atoms with E-state index in [1.165, 1.54) is 66.7 Å². The molecule has 0 bridgehead atoms. The molecule has 0 saturated heterocycles. The number of fused-ring (bicyclic) bond motifs is 16. The second kappa shape index (κ2) is 36.6. The number of halogens is 1. The summed E-state index contributed by atoms with van der Waals surface area (Å²) in [4.78, 5) is 116. The first-order valence-electron chi connectivity index (χ1n) is 41.9. The van der Waals surface area contributed by atoms with Crippen molar-refractivity contribution in [1.29, 1.82) is 5.26 Å². The molecule has 20 rings (SSSR count). The van der Waals surface area contributed by atoms with E-state index >= 15 is 0 Å². The number of aliphatic hydroxyl groups excluding tert-OH is 12. The van der Waals surface area contributed by atoms with Crippen LogP contribution in [0.25, 0.3) is 0 Å². The average Bonchev–Trinajstić information content (AvgIpc) is 1.73. The molecule has 12 aliphatic rings. The van der Waals surface area contributed by atoms with E-state index in [1.54, 1.807) is 42.5 Å². The summed E-state index contributed by atoms with van der Waals surface area (Å²) < 4.78 is 42.3. The first-order chi connectivity index (χ1) is 64.5. The molecule has 46 heteroatoms. The van der Waals surface area contributed by atoms with Crippen LogP contribution in [0.2, 0.25) is 0 Å². The molecule has 0 aromatic heterocycles. The number of nitriles is 1. The van der Waals surface area contributed by atoms with E-state index < -0.39 is 220 Å². The fourth-order valence-electron chi connectivity index (χ4n) is 19.5. The van der Waals surface area contributed by atoms with Crippen LogP contribution in [0.15, 0.2) is 121 Å². The van der Waals surface area contributed by atoms with Crippen LogP contribution >= 0.6 is 11.6 Å². The highest BCUT2D eigenvalue weighted by molar-refractivity contribution is 6.17. The van der Waals surface area contributed by atoms with Crippen LogP contribution in [0.1, 0.15) is 145 Å². The third kappa shape index (κ3) is 16.5. The van der Waals surface area contributed by atoms with Gasteiger partial charge in [-0.25, -0.2) is 0 Å². The van der Waals surface area contributed by atoms with Crippen molar-refractivity contribution in [1.82, 2.24) is 47.4 Å². The lowest BCUT2D eigenvalue weighted by Gasteiger charge is -2.49. The van der Waals surface area contributed by atoms with Crippen LogP contribution in [0.4, 0.5) is 5.69 Å². The van der Waals surface area contributed by atoms with Gasteiger partial charge in [-0.3, -0.25) is 48.5 Å². The predicted octanol–water partition coefficient (Wildman–Crippen LogP) is -2.57. The smallest absolute Gasteiger partial charge is 0.270 e. The molecule has 0 spiro atoms. The highest BCUT2D eigenvalue weighted by Gasteiger charge is 2.60. The maximum atomic E-state index is 13.2. The summed E-state index contributed by atoms with van der Waals surface area (Å²) in [6.07, 6.45) is -19.3. The van der Waals surface area contributed by atoms with Crippen molar-refractivity contribution in [2.24, 2.45) is 0 Å². The number of hydrogen-bond acceptors (Lipinski definition) is 36. The van der Waals surface area contributed by atoms with Crippen LogP contribution in [0.3, 0.4) is 0 Å². The number of amides is 8. The van der Waals surface area contributed by atoms with Crippen molar-refractivity contribution in [3.8, 4) is 75.1 Å². The molecule has 8 aliphatic heterocycles. The molecule has 0 unspecified atom stereocenters. The molecule has 708 valence electrons. The van der Waals surface area contributed by atoms with E-state index in [2.05, 4.69) is 42.5 Å². The number of nitro groups is 1. The molecule has 135 heavy (non-hydrogen) atoms. The molecular formula is C89H86ClN11O34. The Morgan fingerprint density at radius 3 is 1.00 bits per heavy atom. The molecule has 0 radical (unpaired) electrons. The number of phenols is 4. The van der Waals surface area contributed by atoms with Gasteiger partial charge in [-0.05, 0) is 120 Å². The van der Waals surface area contributed by atoms with Gasteiger partial charge >= 0.3 is 0 Å². The summed E-state index contributed by atoms with van der Waals surface area (Å²) in [7, 11) is 3.82. The number of non-ortho nitro benzene ring substituents is 1. The normalized spacial score (nSPS) is 29.2.